The summed E-state index contributed by atoms with van der Waals surface area (Å²) in [6, 6.07) is 14.6. The molecule has 33 heavy (non-hydrogen) atoms. The third-order valence-corrected chi connectivity index (χ3v) is 5.64. The number of carbonyl (C=O) groups is 2. The summed E-state index contributed by atoms with van der Waals surface area (Å²) in [4.78, 5) is 30.5. The summed E-state index contributed by atoms with van der Waals surface area (Å²) in [7, 11) is 0. The molecular formula is C24H22FN5O2S. The zero-order valence-corrected chi connectivity index (χ0v) is 19.1. The minimum Gasteiger partial charge on any atom is -0.350 e. The maximum absolute atomic E-state index is 13.4. The summed E-state index contributed by atoms with van der Waals surface area (Å²) in [5.74, 6) is -0.566. The molecule has 0 radical (unpaired) electrons. The quantitative estimate of drug-likeness (QED) is 0.429. The van der Waals surface area contributed by atoms with Gasteiger partial charge in [-0.3, -0.25) is 9.59 Å². The Bertz CT molecular complexity index is 1300. The van der Waals surface area contributed by atoms with E-state index in [1.165, 1.54) is 28.2 Å². The predicted molar refractivity (Wildman–Crippen MR) is 126 cm³/mol. The summed E-state index contributed by atoms with van der Waals surface area (Å²) in [6.45, 7) is 5.59. The number of benzene rings is 2. The van der Waals surface area contributed by atoms with Gasteiger partial charge >= 0.3 is 0 Å². The largest absolute Gasteiger partial charge is 0.350 e. The lowest BCUT2D eigenvalue weighted by Crippen LogP contribution is -2.30. The molecule has 0 saturated heterocycles. The van der Waals surface area contributed by atoms with E-state index in [0.29, 0.717) is 22.8 Å². The molecule has 0 fully saturated rings. The van der Waals surface area contributed by atoms with Crippen LogP contribution in [0.25, 0.3) is 16.4 Å². The second kappa shape index (κ2) is 9.33. The van der Waals surface area contributed by atoms with Crippen molar-refractivity contribution < 1.29 is 14.0 Å². The average Bonchev–Trinajstić information content (AvgIpc) is 3.44. The number of aryl methyl sites for hydroxylation is 1. The van der Waals surface area contributed by atoms with Crippen LogP contribution in [0.3, 0.4) is 0 Å². The lowest BCUT2D eigenvalue weighted by Gasteiger charge is -2.11. The van der Waals surface area contributed by atoms with E-state index in [0.717, 1.165) is 10.4 Å². The highest BCUT2D eigenvalue weighted by molar-refractivity contribution is 7.13. The Morgan fingerprint density at radius 1 is 1.06 bits per heavy atom. The van der Waals surface area contributed by atoms with Crippen molar-refractivity contribution in [3.05, 3.63) is 82.7 Å². The number of halogens is 1. The Morgan fingerprint density at radius 3 is 2.45 bits per heavy atom. The van der Waals surface area contributed by atoms with Crippen LogP contribution in [0.1, 0.15) is 40.4 Å². The van der Waals surface area contributed by atoms with Crippen LogP contribution in [0.4, 0.5) is 10.1 Å². The number of nitrogens with zero attached hydrogens (tertiary/aromatic N) is 3. The molecule has 2 heterocycles. The zero-order chi connectivity index (χ0) is 23.5. The highest BCUT2D eigenvalue weighted by Crippen LogP contribution is 2.26. The molecule has 0 aliphatic rings. The topological polar surface area (TPSA) is 88.9 Å². The molecule has 2 aromatic carbocycles. The highest BCUT2D eigenvalue weighted by Gasteiger charge is 2.20. The Kier molecular flexibility index (Phi) is 6.32. The van der Waals surface area contributed by atoms with Crippen LogP contribution in [0.5, 0.6) is 0 Å². The fourth-order valence-electron chi connectivity index (χ4n) is 3.26. The Morgan fingerprint density at radius 2 is 1.82 bits per heavy atom. The molecule has 2 aromatic heterocycles. The van der Waals surface area contributed by atoms with Gasteiger partial charge in [-0.2, -0.15) is 0 Å². The molecule has 4 rings (SSSR count). The first kappa shape index (κ1) is 22.3. The molecule has 0 spiro atoms. The summed E-state index contributed by atoms with van der Waals surface area (Å²) >= 11 is 1.46. The zero-order valence-electron chi connectivity index (χ0n) is 18.3. The SMILES string of the molecule is Cc1cc(NC(=O)c2nc(-c3cccs3)n(-c3ccc(F)cc3)n2)ccc1C(=O)NC(C)C. The predicted octanol–water partition coefficient (Wildman–Crippen LogP) is 4.83. The van der Waals surface area contributed by atoms with Gasteiger partial charge in [-0.25, -0.2) is 14.1 Å². The minimum absolute atomic E-state index is 0.0242. The number of hydrogen-bond acceptors (Lipinski definition) is 5. The lowest BCUT2D eigenvalue weighted by atomic mass is 10.1. The Balaban J connectivity index is 1.61. The van der Waals surface area contributed by atoms with Crippen LogP contribution < -0.4 is 10.6 Å². The minimum atomic E-state index is -0.493. The summed E-state index contributed by atoms with van der Waals surface area (Å²) < 4.78 is 14.9. The normalized spacial score (nSPS) is 10.9. The van der Waals surface area contributed by atoms with Gasteiger partial charge in [-0.1, -0.05) is 6.07 Å². The van der Waals surface area contributed by atoms with E-state index in [-0.39, 0.29) is 23.6 Å². The number of thiophene rings is 1. The maximum atomic E-state index is 13.4. The van der Waals surface area contributed by atoms with Gasteiger partial charge in [0.2, 0.25) is 5.82 Å². The second-order valence-corrected chi connectivity index (χ2v) is 8.68. The van der Waals surface area contributed by atoms with Gasteiger partial charge in [0, 0.05) is 17.3 Å². The summed E-state index contributed by atoms with van der Waals surface area (Å²) in [5, 5.41) is 11.9. The van der Waals surface area contributed by atoms with E-state index in [4.69, 9.17) is 0 Å². The second-order valence-electron chi connectivity index (χ2n) is 7.74. The van der Waals surface area contributed by atoms with Gasteiger partial charge in [-0.05, 0) is 80.2 Å². The summed E-state index contributed by atoms with van der Waals surface area (Å²) in [5.41, 5.74) is 2.38. The van der Waals surface area contributed by atoms with Gasteiger partial charge in [0.05, 0.1) is 10.6 Å². The number of anilines is 1. The van der Waals surface area contributed by atoms with Crippen molar-refractivity contribution in [2.75, 3.05) is 5.32 Å². The van der Waals surface area contributed by atoms with E-state index in [9.17, 15) is 14.0 Å². The number of amides is 2. The van der Waals surface area contributed by atoms with Crippen molar-refractivity contribution in [1.29, 1.82) is 0 Å². The smallest absolute Gasteiger partial charge is 0.295 e. The van der Waals surface area contributed by atoms with E-state index in [1.807, 2.05) is 31.4 Å². The van der Waals surface area contributed by atoms with Gasteiger partial charge in [0.15, 0.2) is 5.82 Å². The number of carbonyl (C=O) groups excluding carboxylic acids is 2. The molecule has 4 aromatic rings. The third-order valence-electron chi connectivity index (χ3n) is 4.77. The van der Waals surface area contributed by atoms with E-state index < -0.39 is 5.91 Å². The first-order valence-electron chi connectivity index (χ1n) is 10.3. The fraction of sp³-hybridized carbons (Fsp3) is 0.167. The van der Waals surface area contributed by atoms with Crippen LogP contribution in [0, 0.1) is 12.7 Å². The molecule has 7 nitrogen and oxygen atoms in total. The monoisotopic (exact) mass is 463 g/mol. The standard InChI is InChI=1S/C24H22FN5O2S/c1-14(2)26-23(31)19-11-8-17(13-15(19)3)27-24(32)21-28-22(20-5-4-12-33-20)30(29-21)18-9-6-16(25)7-10-18/h4-14H,1-3H3,(H,26,31)(H,27,32). The molecule has 0 atom stereocenters. The van der Waals surface area contributed by atoms with Crippen LogP contribution in [0.15, 0.2) is 60.0 Å². The first-order valence-corrected chi connectivity index (χ1v) is 11.2. The molecular weight excluding hydrogens is 441 g/mol. The van der Waals surface area contributed by atoms with Crippen LogP contribution in [-0.4, -0.2) is 32.6 Å². The average molecular weight is 464 g/mol. The molecule has 0 bridgehead atoms. The van der Waals surface area contributed by atoms with Crippen molar-refractivity contribution in [1.82, 2.24) is 20.1 Å². The molecule has 2 N–H and O–H groups in total. The van der Waals surface area contributed by atoms with Gasteiger partial charge in [0.25, 0.3) is 11.8 Å². The van der Waals surface area contributed by atoms with Crippen molar-refractivity contribution in [3.63, 3.8) is 0 Å². The number of aromatic nitrogens is 3. The number of rotatable bonds is 6. The van der Waals surface area contributed by atoms with Crippen LogP contribution in [-0.2, 0) is 0 Å². The Hall–Kier alpha value is -3.85. The van der Waals surface area contributed by atoms with Crippen molar-refractivity contribution in [2.24, 2.45) is 0 Å². The Labute approximate surface area is 194 Å². The fourth-order valence-corrected chi connectivity index (χ4v) is 3.96. The number of hydrogen-bond donors (Lipinski definition) is 2. The van der Waals surface area contributed by atoms with Crippen molar-refractivity contribution >= 4 is 28.8 Å². The van der Waals surface area contributed by atoms with E-state index in [1.54, 1.807) is 37.3 Å². The molecule has 2 amide bonds. The maximum Gasteiger partial charge on any atom is 0.295 e. The third kappa shape index (κ3) is 4.98. The van der Waals surface area contributed by atoms with Gasteiger partial charge in [-0.15, -0.1) is 16.4 Å². The van der Waals surface area contributed by atoms with Crippen LogP contribution in [0.2, 0.25) is 0 Å². The highest BCUT2D eigenvalue weighted by atomic mass is 32.1. The van der Waals surface area contributed by atoms with Crippen LogP contribution >= 0.6 is 11.3 Å². The van der Waals surface area contributed by atoms with E-state index >= 15 is 0 Å². The molecule has 0 saturated carbocycles. The molecule has 0 aliphatic heterocycles. The van der Waals surface area contributed by atoms with Gasteiger partial charge in [0.1, 0.15) is 5.82 Å². The van der Waals surface area contributed by atoms with E-state index in [2.05, 4.69) is 20.7 Å². The molecule has 0 aliphatic carbocycles. The summed E-state index contributed by atoms with van der Waals surface area (Å²) in [6.07, 6.45) is 0. The lowest BCUT2D eigenvalue weighted by molar-refractivity contribution is 0.0942. The van der Waals surface area contributed by atoms with Gasteiger partial charge < -0.3 is 10.6 Å². The molecule has 168 valence electrons. The van der Waals surface area contributed by atoms with Crippen molar-refractivity contribution in [3.8, 4) is 16.4 Å². The first-order chi connectivity index (χ1) is 15.8. The molecule has 9 heteroatoms. The number of nitrogens with one attached hydrogen (secondary N) is 2. The molecule has 0 unspecified atom stereocenters. The van der Waals surface area contributed by atoms with Crippen molar-refractivity contribution in [2.45, 2.75) is 26.8 Å².